The summed E-state index contributed by atoms with van der Waals surface area (Å²) in [5, 5.41) is 10.8. The molecule has 1 aliphatic rings. The van der Waals surface area contributed by atoms with E-state index in [2.05, 4.69) is 15.6 Å². The van der Waals surface area contributed by atoms with Crippen molar-refractivity contribution in [3.63, 3.8) is 0 Å². The highest BCUT2D eigenvalue weighted by Gasteiger charge is 2.38. The van der Waals surface area contributed by atoms with Crippen molar-refractivity contribution >= 4 is 11.9 Å². The molecule has 1 aromatic carbocycles. The Morgan fingerprint density at radius 1 is 1.19 bits per heavy atom. The van der Waals surface area contributed by atoms with Crippen molar-refractivity contribution in [1.82, 2.24) is 25.2 Å². The molecule has 0 aliphatic carbocycles. The number of urea groups is 1. The van der Waals surface area contributed by atoms with Crippen LogP contribution < -0.4 is 14.8 Å². The van der Waals surface area contributed by atoms with Gasteiger partial charge in [-0.05, 0) is 38.1 Å². The SMILES string of the molecule is COc1ccc(OCCN2C(=O)NC(Cc3cn(C(C)C)nn3)C2=O)cc1. The first kappa shape index (κ1) is 18.7. The maximum Gasteiger partial charge on any atom is 0.324 e. The minimum Gasteiger partial charge on any atom is -0.497 e. The number of aromatic nitrogens is 3. The lowest BCUT2D eigenvalue weighted by Crippen LogP contribution is -2.35. The molecule has 0 radical (unpaired) electrons. The van der Waals surface area contributed by atoms with E-state index in [0.717, 1.165) is 5.75 Å². The van der Waals surface area contributed by atoms with Crippen LogP contribution in [0.1, 0.15) is 25.6 Å². The molecule has 27 heavy (non-hydrogen) atoms. The summed E-state index contributed by atoms with van der Waals surface area (Å²) in [6.45, 7) is 4.37. The third kappa shape index (κ3) is 4.36. The number of hydrogen-bond donors (Lipinski definition) is 1. The topological polar surface area (TPSA) is 98.6 Å². The standard InChI is InChI=1S/C18H23N5O4/c1-12(2)23-11-13(20-21-23)10-16-17(24)22(18(25)19-16)8-9-27-15-6-4-14(26-3)5-7-15/h4-7,11-12,16H,8-10H2,1-3H3,(H,19,25). The first-order valence-electron chi connectivity index (χ1n) is 8.77. The zero-order chi connectivity index (χ0) is 19.4. The second kappa shape index (κ2) is 8.07. The van der Waals surface area contributed by atoms with Crippen LogP contribution in [0.2, 0.25) is 0 Å². The van der Waals surface area contributed by atoms with Gasteiger partial charge in [0.1, 0.15) is 24.1 Å². The van der Waals surface area contributed by atoms with Gasteiger partial charge in [-0.15, -0.1) is 5.10 Å². The van der Waals surface area contributed by atoms with Gasteiger partial charge in [0.2, 0.25) is 0 Å². The molecule has 3 rings (SSSR count). The van der Waals surface area contributed by atoms with E-state index in [4.69, 9.17) is 9.47 Å². The molecule has 1 aliphatic heterocycles. The minimum atomic E-state index is -0.629. The number of ether oxygens (including phenoxy) is 2. The molecule has 1 saturated heterocycles. The Morgan fingerprint density at radius 3 is 2.52 bits per heavy atom. The van der Waals surface area contributed by atoms with Gasteiger partial charge in [-0.3, -0.25) is 9.69 Å². The smallest absolute Gasteiger partial charge is 0.324 e. The van der Waals surface area contributed by atoms with Crippen molar-refractivity contribution < 1.29 is 19.1 Å². The first-order chi connectivity index (χ1) is 13.0. The van der Waals surface area contributed by atoms with Gasteiger partial charge in [0.05, 0.1) is 19.3 Å². The van der Waals surface area contributed by atoms with Gasteiger partial charge in [0.25, 0.3) is 5.91 Å². The maximum absolute atomic E-state index is 12.5. The minimum absolute atomic E-state index is 0.173. The summed E-state index contributed by atoms with van der Waals surface area (Å²) in [5.74, 6) is 1.09. The van der Waals surface area contributed by atoms with E-state index < -0.39 is 12.1 Å². The zero-order valence-corrected chi connectivity index (χ0v) is 15.6. The van der Waals surface area contributed by atoms with Gasteiger partial charge in [-0.1, -0.05) is 5.21 Å². The molecule has 1 atom stereocenters. The molecule has 2 heterocycles. The van der Waals surface area contributed by atoms with Crippen LogP contribution in [-0.2, 0) is 11.2 Å². The number of imide groups is 1. The number of carbonyl (C=O) groups is 2. The van der Waals surface area contributed by atoms with Gasteiger partial charge in [-0.25, -0.2) is 9.48 Å². The summed E-state index contributed by atoms with van der Waals surface area (Å²) in [7, 11) is 1.59. The highest BCUT2D eigenvalue weighted by Crippen LogP contribution is 2.17. The van der Waals surface area contributed by atoms with Crippen LogP contribution in [0.3, 0.4) is 0 Å². The number of nitrogens with one attached hydrogen (secondary N) is 1. The normalized spacial score (nSPS) is 16.7. The molecule has 0 spiro atoms. The average molecular weight is 373 g/mol. The van der Waals surface area contributed by atoms with Crippen molar-refractivity contribution in [2.75, 3.05) is 20.3 Å². The quantitative estimate of drug-likeness (QED) is 0.703. The lowest BCUT2D eigenvalue weighted by atomic mass is 10.1. The largest absolute Gasteiger partial charge is 0.497 e. The van der Waals surface area contributed by atoms with Crippen LogP contribution in [0, 0.1) is 0 Å². The van der Waals surface area contributed by atoms with Crippen molar-refractivity contribution in [3.8, 4) is 11.5 Å². The Balaban J connectivity index is 1.52. The summed E-state index contributed by atoms with van der Waals surface area (Å²) < 4.78 is 12.4. The van der Waals surface area contributed by atoms with Crippen LogP contribution in [0.4, 0.5) is 4.79 Å². The molecule has 1 unspecified atom stereocenters. The van der Waals surface area contributed by atoms with Crippen LogP contribution in [0.5, 0.6) is 11.5 Å². The average Bonchev–Trinajstić information content (AvgIpc) is 3.23. The van der Waals surface area contributed by atoms with Crippen molar-refractivity contribution in [1.29, 1.82) is 0 Å². The van der Waals surface area contributed by atoms with E-state index in [-0.39, 0.29) is 25.1 Å². The molecule has 144 valence electrons. The van der Waals surface area contributed by atoms with Crippen LogP contribution in [0.25, 0.3) is 0 Å². The molecule has 9 nitrogen and oxygen atoms in total. The highest BCUT2D eigenvalue weighted by molar-refractivity contribution is 6.04. The van der Waals surface area contributed by atoms with Gasteiger partial charge < -0.3 is 14.8 Å². The van der Waals surface area contributed by atoms with Crippen LogP contribution in [-0.4, -0.2) is 58.1 Å². The molecular formula is C18H23N5O4. The van der Waals surface area contributed by atoms with E-state index in [1.54, 1.807) is 42.3 Å². The second-order valence-corrected chi connectivity index (χ2v) is 6.50. The molecular weight excluding hydrogens is 350 g/mol. The number of nitrogens with zero attached hydrogens (tertiary/aromatic N) is 4. The van der Waals surface area contributed by atoms with E-state index in [1.807, 2.05) is 13.8 Å². The number of carbonyl (C=O) groups excluding carboxylic acids is 2. The molecule has 1 fully saturated rings. The fraction of sp³-hybridized carbons (Fsp3) is 0.444. The lowest BCUT2D eigenvalue weighted by molar-refractivity contribution is -0.127. The Morgan fingerprint density at radius 2 is 1.89 bits per heavy atom. The zero-order valence-electron chi connectivity index (χ0n) is 15.6. The fourth-order valence-electron chi connectivity index (χ4n) is 2.72. The molecule has 1 aromatic heterocycles. The third-order valence-electron chi connectivity index (χ3n) is 4.25. The predicted molar refractivity (Wildman–Crippen MR) is 96.6 cm³/mol. The summed E-state index contributed by atoms with van der Waals surface area (Å²) in [6.07, 6.45) is 2.10. The van der Waals surface area contributed by atoms with Gasteiger partial charge in [0.15, 0.2) is 0 Å². The van der Waals surface area contributed by atoms with E-state index >= 15 is 0 Å². The first-order valence-corrected chi connectivity index (χ1v) is 8.77. The van der Waals surface area contributed by atoms with Gasteiger partial charge in [0, 0.05) is 18.7 Å². The monoisotopic (exact) mass is 373 g/mol. The predicted octanol–water partition coefficient (Wildman–Crippen LogP) is 1.41. The summed E-state index contributed by atoms with van der Waals surface area (Å²) in [5.41, 5.74) is 0.665. The number of amides is 3. The van der Waals surface area contributed by atoms with E-state index in [9.17, 15) is 9.59 Å². The summed E-state index contributed by atoms with van der Waals surface area (Å²) in [4.78, 5) is 25.8. The molecule has 0 saturated carbocycles. The summed E-state index contributed by atoms with van der Waals surface area (Å²) in [6, 6.07) is 6.24. The van der Waals surface area contributed by atoms with E-state index in [1.165, 1.54) is 4.90 Å². The van der Waals surface area contributed by atoms with Gasteiger partial charge >= 0.3 is 6.03 Å². The Hall–Kier alpha value is -3.10. The Kier molecular flexibility index (Phi) is 5.58. The van der Waals surface area contributed by atoms with Crippen molar-refractivity contribution in [2.24, 2.45) is 0 Å². The number of methoxy groups -OCH3 is 1. The molecule has 0 bridgehead atoms. The molecule has 2 aromatic rings. The Bertz CT molecular complexity index is 802. The van der Waals surface area contributed by atoms with Crippen LogP contribution in [0.15, 0.2) is 30.5 Å². The van der Waals surface area contributed by atoms with E-state index in [0.29, 0.717) is 17.9 Å². The lowest BCUT2D eigenvalue weighted by Gasteiger charge is -2.13. The van der Waals surface area contributed by atoms with Crippen molar-refractivity contribution in [3.05, 3.63) is 36.2 Å². The number of rotatable bonds is 8. The maximum atomic E-state index is 12.5. The number of hydrogen-bond acceptors (Lipinski definition) is 6. The van der Waals surface area contributed by atoms with Gasteiger partial charge in [-0.2, -0.15) is 0 Å². The number of benzene rings is 1. The molecule has 1 N–H and O–H groups in total. The van der Waals surface area contributed by atoms with Crippen molar-refractivity contribution in [2.45, 2.75) is 32.4 Å². The fourth-order valence-corrected chi connectivity index (χ4v) is 2.72. The second-order valence-electron chi connectivity index (χ2n) is 6.50. The van der Waals surface area contributed by atoms with Crippen LogP contribution >= 0.6 is 0 Å². The molecule has 9 heteroatoms. The third-order valence-corrected chi connectivity index (χ3v) is 4.25. The molecule has 3 amide bonds. The Labute approximate surface area is 157 Å². The highest BCUT2D eigenvalue weighted by atomic mass is 16.5. The summed E-state index contributed by atoms with van der Waals surface area (Å²) >= 11 is 0.